The summed E-state index contributed by atoms with van der Waals surface area (Å²) in [4.78, 5) is 0.0953. The van der Waals surface area contributed by atoms with Gasteiger partial charge in [-0.3, -0.25) is 0 Å². The lowest BCUT2D eigenvalue weighted by Crippen LogP contribution is -2.36. The Kier molecular flexibility index (Phi) is 7.04. The highest BCUT2D eigenvalue weighted by molar-refractivity contribution is 7.98. The molecule has 116 valence electrons. The first-order valence-corrected chi connectivity index (χ1v) is 9.51. The Labute approximate surface area is 136 Å². The Hall–Kier alpha value is -0.710. The first-order valence-electron chi connectivity index (χ1n) is 6.30. The maximum atomic E-state index is 12.6. The molecule has 1 rings (SSSR count). The van der Waals surface area contributed by atoms with E-state index >= 15 is 0 Å². The minimum absolute atomic E-state index is 0.0953. The molecule has 0 saturated heterocycles. The number of thioether (sulfide) groups is 1. The molecular weight excluding hydrogens is 328 g/mol. The lowest BCUT2D eigenvalue weighted by molar-refractivity contribution is 0.415. The molecule has 0 heterocycles. The molecule has 0 aliphatic rings. The Morgan fingerprint density at radius 1 is 1.48 bits per heavy atom. The minimum Gasteiger partial charge on any atom is -0.320 e. The third-order valence-electron chi connectivity index (χ3n) is 2.95. The monoisotopic (exact) mass is 346 g/mol. The second kappa shape index (κ2) is 8.06. The molecule has 7 heteroatoms. The van der Waals surface area contributed by atoms with Crippen LogP contribution in [0.1, 0.15) is 12.5 Å². The Bertz CT molecular complexity index is 651. The molecule has 2 N–H and O–H groups in total. The first-order chi connectivity index (χ1) is 9.84. The number of nitrogens with two attached hydrogens (primary N) is 1. The smallest absolute Gasteiger partial charge is 0.244 e. The van der Waals surface area contributed by atoms with E-state index in [2.05, 4.69) is 11.8 Å². The van der Waals surface area contributed by atoms with E-state index in [-0.39, 0.29) is 22.5 Å². The van der Waals surface area contributed by atoms with Gasteiger partial charge >= 0.3 is 0 Å². The van der Waals surface area contributed by atoms with Gasteiger partial charge in [0.05, 0.1) is 11.6 Å². The number of hydrogen-bond donors (Lipinski definition) is 1. The van der Waals surface area contributed by atoms with E-state index in [0.717, 1.165) is 0 Å². The summed E-state index contributed by atoms with van der Waals surface area (Å²) in [5, 5.41) is 0.169. The zero-order chi connectivity index (χ0) is 16.0. The van der Waals surface area contributed by atoms with Crippen molar-refractivity contribution < 1.29 is 8.42 Å². The number of sulfonamides is 1. The highest BCUT2D eigenvalue weighted by Gasteiger charge is 2.27. The normalized spacial score (nSPS) is 12.9. The lowest BCUT2D eigenvalue weighted by atomic mass is 10.2. The molecule has 0 bridgehead atoms. The van der Waals surface area contributed by atoms with E-state index in [9.17, 15) is 8.42 Å². The van der Waals surface area contributed by atoms with Crippen molar-refractivity contribution >= 4 is 33.4 Å². The largest absolute Gasteiger partial charge is 0.320 e. The van der Waals surface area contributed by atoms with Crippen LogP contribution in [0.3, 0.4) is 0 Å². The zero-order valence-corrected chi connectivity index (χ0v) is 14.6. The van der Waals surface area contributed by atoms with Crippen molar-refractivity contribution in [3.8, 4) is 11.8 Å². The molecule has 1 unspecified atom stereocenters. The Morgan fingerprint density at radius 2 is 2.14 bits per heavy atom. The quantitative estimate of drug-likeness (QED) is 0.828. The van der Waals surface area contributed by atoms with Gasteiger partial charge in [0.2, 0.25) is 10.0 Å². The average Bonchev–Trinajstić information content (AvgIpc) is 2.44. The van der Waals surface area contributed by atoms with Crippen LogP contribution in [-0.4, -0.2) is 44.4 Å². The minimum atomic E-state index is -3.61. The van der Waals surface area contributed by atoms with E-state index in [1.165, 1.54) is 10.4 Å². The third kappa shape index (κ3) is 4.63. The standard InChI is InChI=1S/C14H19ClN2O2S2/c1-11(10-20-3)17(2)21(18,19)14-7-6-12(5-4-8-16)9-13(14)15/h6-7,9,11H,8,10,16H2,1-3H3. The van der Waals surface area contributed by atoms with Crippen molar-refractivity contribution in [3.63, 3.8) is 0 Å². The van der Waals surface area contributed by atoms with E-state index in [4.69, 9.17) is 17.3 Å². The molecule has 0 amide bonds. The predicted molar refractivity (Wildman–Crippen MR) is 90.2 cm³/mol. The lowest BCUT2D eigenvalue weighted by Gasteiger charge is -2.24. The van der Waals surface area contributed by atoms with Gasteiger partial charge in [0.1, 0.15) is 4.90 Å². The van der Waals surface area contributed by atoms with Gasteiger partial charge in [-0.1, -0.05) is 23.4 Å². The van der Waals surface area contributed by atoms with Crippen LogP contribution < -0.4 is 5.73 Å². The summed E-state index contributed by atoms with van der Waals surface area (Å²) in [7, 11) is -2.05. The van der Waals surface area contributed by atoms with Gasteiger partial charge in [0.25, 0.3) is 0 Å². The summed E-state index contributed by atoms with van der Waals surface area (Å²) in [6.07, 6.45) is 1.94. The number of rotatable bonds is 5. The molecule has 0 spiro atoms. The summed E-state index contributed by atoms with van der Waals surface area (Å²) in [6, 6.07) is 4.55. The van der Waals surface area contributed by atoms with E-state index in [1.54, 1.807) is 30.9 Å². The molecule has 1 aromatic carbocycles. The molecular formula is C14H19ClN2O2S2. The molecule has 0 aromatic heterocycles. The fourth-order valence-corrected chi connectivity index (χ4v) is 4.36. The maximum absolute atomic E-state index is 12.6. The van der Waals surface area contributed by atoms with Gasteiger partial charge in [0.15, 0.2) is 0 Å². The summed E-state index contributed by atoms with van der Waals surface area (Å²) >= 11 is 7.70. The predicted octanol–water partition coefficient (Wildman–Crippen LogP) is 2.02. The maximum Gasteiger partial charge on any atom is 0.244 e. The zero-order valence-electron chi connectivity index (χ0n) is 12.3. The highest BCUT2D eigenvalue weighted by atomic mass is 35.5. The van der Waals surface area contributed by atoms with Crippen LogP contribution in [0.15, 0.2) is 23.1 Å². The first kappa shape index (κ1) is 18.3. The van der Waals surface area contributed by atoms with Crippen LogP contribution in [0.5, 0.6) is 0 Å². The third-order valence-corrected chi connectivity index (χ3v) is 6.22. The number of halogens is 1. The second-order valence-corrected chi connectivity index (χ2v) is 7.76. The van der Waals surface area contributed by atoms with Gasteiger partial charge in [0, 0.05) is 24.4 Å². The molecule has 21 heavy (non-hydrogen) atoms. The van der Waals surface area contributed by atoms with Crippen molar-refractivity contribution in [2.24, 2.45) is 5.73 Å². The van der Waals surface area contributed by atoms with E-state index in [0.29, 0.717) is 11.3 Å². The summed E-state index contributed by atoms with van der Waals surface area (Å²) in [5.41, 5.74) is 5.95. The fourth-order valence-electron chi connectivity index (χ4n) is 1.68. The molecule has 4 nitrogen and oxygen atoms in total. The van der Waals surface area contributed by atoms with Crippen LogP contribution in [0.2, 0.25) is 5.02 Å². The molecule has 0 aliphatic heterocycles. The van der Waals surface area contributed by atoms with Gasteiger partial charge < -0.3 is 5.73 Å². The molecule has 0 aliphatic carbocycles. The van der Waals surface area contributed by atoms with Crippen LogP contribution >= 0.6 is 23.4 Å². The molecule has 1 atom stereocenters. The number of benzene rings is 1. The van der Waals surface area contributed by atoms with Gasteiger partial charge in [-0.15, -0.1) is 0 Å². The van der Waals surface area contributed by atoms with Crippen molar-refractivity contribution in [1.29, 1.82) is 0 Å². The molecule has 0 radical (unpaired) electrons. The van der Waals surface area contributed by atoms with Gasteiger partial charge in [-0.25, -0.2) is 8.42 Å². The van der Waals surface area contributed by atoms with Gasteiger partial charge in [-0.05, 0) is 31.4 Å². The SMILES string of the molecule is CSCC(C)N(C)S(=O)(=O)c1ccc(C#CCN)cc1Cl. The highest BCUT2D eigenvalue weighted by Crippen LogP contribution is 2.26. The van der Waals surface area contributed by atoms with Crippen LogP contribution in [0.25, 0.3) is 0 Å². The number of nitrogens with zero attached hydrogens (tertiary/aromatic N) is 1. The van der Waals surface area contributed by atoms with Crippen molar-refractivity contribution in [3.05, 3.63) is 28.8 Å². The fraction of sp³-hybridized carbons (Fsp3) is 0.429. The second-order valence-electron chi connectivity index (χ2n) is 4.48. The van der Waals surface area contributed by atoms with Crippen LogP contribution in [0.4, 0.5) is 0 Å². The van der Waals surface area contributed by atoms with Crippen molar-refractivity contribution in [2.45, 2.75) is 17.9 Å². The molecule has 0 saturated carbocycles. The van der Waals surface area contributed by atoms with Gasteiger partial charge in [-0.2, -0.15) is 16.1 Å². The Balaban J connectivity index is 3.15. The summed E-state index contributed by atoms with van der Waals surface area (Å²) in [5.74, 6) is 6.24. The average molecular weight is 347 g/mol. The molecule has 0 fully saturated rings. The van der Waals surface area contributed by atoms with Crippen LogP contribution in [-0.2, 0) is 10.0 Å². The van der Waals surface area contributed by atoms with Crippen LogP contribution in [0, 0.1) is 11.8 Å². The number of hydrogen-bond acceptors (Lipinski definition) is 4. The van der Waals surface area contributed by atoms with Crippen molar-refractivity contribution in [1.82, 2.24) is 4.31 Å². The van der Waals surface area contributed by atoms with E-state index in [1.807, 2.05) is 13.2 Å². The topological polar surface area (TPSA) is 63.4 Å². The Morgan fingerprint density at radius 3 is 2.67 bits per heavy atom. The summed E-state index contributed by atoms with van der Waals surface area (Å²) in [6.45, 7) is 2.11. The summed E-state index contributed by atoms with van der Waals surface area (Å²) < 4.78 is 26.5. The van der Waals surface area contributed by atoms with E-state index < -0.39 is 10.0 Å². The molecule has 1 aromatic rings. The van der Waals surface area contributed by atoms with Crippen molar-refractivity contribution in [2.75, 3.05) is 25.6 Å².